The molecule has 0 saturated carbocycles. The van der Waals surface area contributed by atoms with Crippen molar-refractivity contribution in [1.82, 2.24) is 15.1 Å². The molecule has 5 nitrogen and oxygen atoms in total. The molecule has 0 aromatic carbocycles. The van der Waals surface area contributed by atoms with E-state index in [-0.39, 0.29) is 5.91 Å². The van der Waals surface area contributed by atoms with Gasteiger partial charge in [0.1, 0.15) is 4.83 Å². The van der Waals surface area contributed by atoms with Gasteiger partial charge < -0.3 is 11.1 Å². The average molecular weight is 252 g/mol. The number of amides is 1. The summed E-state index contributed by atoms with van der Waals surface area (Å²) >= 11 is 1.47. The second-order valence-corrected chi connectivity index (χ2v) is 4.97. The van der Waals surface area contributed by atoms with Gasteiger partial charge in [-0.25, -0.2) is 0 Å². The van der Waals surface area contributed by atoms with Crippen LogP contribution in [-0.2, 0) is 7.05 Å². The number of nitrogens with two attached hydrogens (primary N) is 1. The maximum Gasteiger partial charge on any atom is 0.261 e. The highest BCUT2D eigenvalue weighted by Gasteiger charge is 2.14. The lowest BCUT2D eigenvalue weighted by molar-refractivity contribution is 0.0957. The molecule has 0 aliphatic carbocycles. The Balaban J connectivity index is 2.19. The van der Waals surface area contributed by atoms with Crippen LogP contribution in [0.15, 0.2) is 6.07 Å². The fourth-order valence-electron chi connectivity index (χ4n) is 1.71. The van der Waals surface area contributed by atoms with Crippen molar-refractivity contribution >= 4 is 27.5 Å². The molecule has 92 valence electrons. The summed E-state index contributed by atoms with van der Waals surface area (Å²) in [6.45, 7) is 3.17. The molecular weight excluding hydrogens is 236 g/mol. The first-order valence-electron chi connectivity index (χ1n) is 5.55. The zero-order chi connectivity index (χ0) is 12.4. The van der Waals surface area contributed by atoms with E-state index in [4.69, 9.17) is 5.73 Å². The standard InChI is InChI=1S/C11H16N4OS/c1-7-8-6-9(10(16)13-5-3-4-12)17-11(8)15(2)14-7/h6H,3-5,12H2,1-2H3,(H,13,16). The van der Waals surface area contributed by atoms with Crippen LogP contribution in [0.3, 0.4) is 0 Å². The van der Waals surface area contributed by atoms with E-state index in [0.29, 0.717) is 13.1 Å². The number of carbonyl (C=O) groups is 1. The number of carbonyl (C=O) groups excluding carboxylic acids is 1. The number of aryl methyl sites for hydroxylation is 2. The van der Waals surface area contributed by atoms with E-state index >= 15 is 0 Å². The highest BCUT2D eigenvalue weighted by molar-refractivity contribution is 7.20. The normalized spacial score (nSPS) is 11.0. The predicted molar refractivity (Wildman–Crippen MR) is 69.3 cm³/mol. The number of rotatable bonds is 4. The minimum absolute atomic E-state index is 0.0287. The Kier molecular flexibility index (Phi) is 3.44. The summed E-state index contributed by atoms with van der Waals surface area (Å²) in [6, 6.07) is 1.90. The average Bonchev–Trinajstić information content (AvgIpc) is 2.82. The topological polar surface area (TPSA) is 72.9 Å². The monoisotopic (exact) mass is 252 g/mol. The van der Waals surface area contributed by atoms with Crippen molar-refractivity contribution in [2.24, 2.45) is 12.8 Å². The number of nitrogens with one attached hydrogen (secondary N) is 1. The quantitative estimate of drug-likeness (QED) is 0.798. The molecule has 0 aliphatic rings. The summed E-state index contributed by atoms with van der Waals surface area (Å²) in [7, 11) is 1.89. The van der Waals surface area contributed by atoms with Gasteiger partial charge in [0.05, 0.1) is 10.6 Å². The van der Waals surface area contributed by atoms with Crippen molar-refractivity contribution < 1.29 is 4.79 Å². The Morgan fingerprint density at radius 1 is 1.65 bits per heavy atom. The molecule has 0 saturated heterocycles. The first kappa shape index (κ1) is 12.1. The van der Waals surface area contributed by atoms with Crippen LogP contribution in [0.4, 0.5) is 0 Å². The second-order valence-electron chi connectivity index (χ2n) is 3.94. The number of hydrogen-bond donors (Lipinski definition) is 2. The van der Waals surface area contributed by atoms with E-state index in [0.717, 1.165) is 27.2 Å². The van der Waals surface area contributed by atoms with E-state index in [1.807, 2.05) is 24.7 Å². The Morgan fingerprint density at radius 3 is 3.06 bits per heavy atom. The molecule has 0 atom stereocenters. The lowest BCUT2D eigenvalue weighted by Gasteiger charge is -2.00. The van der Waals surface area contributed by atoms with Gasteiger partial charge in [0.25, 0.3) is 5.91 Å². The van der Waals surface area contributed by atoms with Gasteiger partial charge in [-0.2, -0.15) is 5.10 Å². The number of fused-ring (bicyclic) bond motifs is 1. The highest BCUT2D eigenvalue weighted by atomic mass is 32.1. The smallest absolute Gasteiger partial charge is 0.261 e. The number of thiophene rings is 1. The van der Waals surface area contributed by atoms with Crippen LogP contribution < -0.4 is 11.1 Å². The van der Waals surface area contributed by atoms with Gasteiger partial charge in [0, 0.05) is 19.0 Å². The van der Waals surface area contributed by atoms with E-state index in [9.17, 15) is 4.79 Å². The van der Waals surface area contributed by atoms with Crippen molar-refractivity contribution in [3.63, 3.8) is 0 Å². The molecule has 2 heterocycles. The van der Waals surface area contributed by atoms with Crippen molar-refractivity contribution in [2.45, 2.75) is 13.3 Å². The van der Waals surface area contributed by atoms with Gasteiger partial charge in [-0.05, 0) is 26.0 Å². The summed E-state index contributed by atoms with van der Waals surface area (Å²) in [6.07, 6.45) is 0.803. The van der Waals surface area contributed by atoms with Gasteiger partial charge in [0.2, 0.25) is 0 Å². The summed E-state index contributed by atoms with van der Waals surface area (Å²) < 4.78 is 1.81. The molecule has 0 bridgehead atoms. The van der Waals surface area contributed by atoms with E-state index < -0.39 is 0 Å². The molecule has 2 aromatic heterocycles. The number of hydrogen-bond acceptors (Lipinski definition) is 4. The fraction of sp³-hybridized carbons (Fsp3) is 0.455. The van der Waals surface area contributed by atoms with Crippen LogP contribution in [0.5, 0.6) is 0 Å². The molecule has 2 aromatic rings. The first-order chi connectivity index (χ1) is 8.13. The maximum atomic E-state index is 11.8. The molecule has 6 heteroatoms. The molecular formula is C11H16N4OS. The second kappa shape index (κ2) is 4.85. The molecule has 17 heavy (non-hydrogen) atoms. The minimum Gasteiger partial charge on any atom is -0.351 e. The first-order valence-corrected chi connectivity index (χ1v) is 6.36. The van der Waals surface area contributed by atoms with E-state index in [1.54, 1.807) is 0 Å². The van der Waals surface area contributed by atoms with Crippen molar-refractivity contribution in [3.8, 4) is 0 Å². The molecule has 0 fully saturated rings. The van der Waals surface area contributed by atoms with Gasteiger partial charge in [-0.3, -0.25) is 9.48 Å². The molecule has 0 unspecified atom stereocenters. The molecule has 0 spiro atoms. The molecule has 0 radical (unpaired) electrons. The SMILES string of the molecule is Cc1nn(C)c2sc(C(=O)NCCCN)cc12. The maximum absolute atomic E-state index is 11.8. The van der Waals surface area contributed by atoms with Gasteiger partial charge in [-0.15, -0.1) is 11.3 Å². The Morgan fingerprint density at radius 2 is 2.41 bits per heavy atom. The molecule has 3 N–H and O–H groups in total. The van der Waals surface area contributed by atoms with Crippen LogP contribution in [0.1, 0.15) is 21.8 Å². The third-order valence-electron chi connectivity index (χ3n) is 2.59. The summed E-state index contributed by atoms with van der Waals surface area (Å²) in [5.74, 6) is -0.0287. The number of nitrogens with zero attached hydrogens (tertiary/aromatic N) is 2. The Labute approximate surface area is 104 Å². The van der Waals surface area contributed by atoms with Crippen molar-refractivity contribution in [1.29, 1.82) is 0 Å². The van der Waals surface area contributed by atoms with Gasteiger partial charge in [0.15, 0.2) is 0 Å². The summed E-state index contributed by atoms with van der Waals surface area (Å²) in [5.41, 5.74) is 6.34. The lowest BCUT2D eigenvalue weighted by Crippen LogP contribution is -2.25. The van der Waals surface area contributed by atoms with Crippen LogP contribution >= 0.6 is 11.3 Å². The number of aromatic nitrogens is 2. The van der Waals surface area contributed by atoms with E-state index in [1.165, 1.54) is 11.3 Å². The summed E-state index contributed by atoms with van der Waals surface area (Å²) in [5, 5.41) is 8.21. The predicted octanol–water partition coefficient (Wildman–Crippen LogP) is 1.02. The fourth-order valence-corrected chi connectivity index (χ4v) is 2.75. The Hall–Kier alpha value is -1.40. The van der Waals surface area contributed by atoms with E-state index in [2.05, 4.69) is 10.4 Å². The van der Waals surface area contributed by atoms with Gasteiger partial charge >= 0.3 is 0 Å². The molecule has 2 rings (SSSR count). The van der Waals surface area contributed by atoms with Crippen LogP contribution in [-0.4, -0.2) is 28.8 Å². The zero-order valence-electron chi connectivity index (χ0n) is 9.99. The summed E-state index contributed by atoms with van der Waals surface area (Å²) in [4.78, 5) is 13.6. The van der Waals surface area contributed by atoms with Gasteiger partial charge in [-0.1, -0.05) is 0 Å². The van der Waals surface area contributed by atoms with Crippen molar-refractivity contribution in [3.05, 3.63) is 16.6 Å². The highest BCUT2D eigenvalue weighted by Crippen LogP contribution is 2.27. The Bertz CT molecular complexity index is 508. The van der Waals surface area contributed by atoms with Crippen LogP contribution in [0.2, 0.25) is 0 Å². The van der Waals surface area contributed by atoms with Crippen LogP contribution in [0.25, 0.3) is 10.2 Å². The zero-order valence-corrected chi connectivity index (χ0v) is 10.8. The van der Waals surface area contributed by atoms with Crippen LogP contribution in [0, 0.1) is 6.92 Å². The minimum atomic E-state index is -0.0287. The molecule has 0 aliphatic heterocycles. The lowest BCUT2D eigenvalue weighted by atomic mass is 10.3. The molecule has 1 amide bonds. The largest absolute Gasteiger partial charge is 0.351 e. The van der Waals surface area contributed by atoms with Crippen molar-refractivity contribution in [2.75, 3.05) is 13.1 Å². The third kappa shape index (κ3) is 2.32. The third-order valence-corrected chi connectivity index (χ3v) is 3.79.